The van der Waals surface area contributed by atoms with Gasteiger partial charge in [0.25, 0.3) is 0 Å². The summed E-state index contributed by atoms with van der Waals surface area (Å²) in [7, 11) is 3.73. The SMILES string of the molecule is CCN(CC)CC(=O)N1CCOC(c2nc(N(C)C)ncc2-c2cccc(F)c2)C1. The van der Waals surface area contributed by atoms with E-state index in [1.165, 1.54) is 12.1 Å². The molecule has 0 saturated carbocycles. The minimum absolute atomic E-state index is 0.0844. The number of ether oxygens (including phenoxy) is 1. The average Bonchev–Trinajstić information content (AvgIpc) is 2.77. The van der Waals surface area contributed by atoms with Gasteiger partial charge in [-0.25, -0.2) is 14.4 Å². The van der Waals surface area contributed by atoms with Crippen molar-refractivity contribution in [3.63, 3.8) is 0 Å². The molecule has 0 N–H and O–H groups in total. The Balaban J connectivity index is 1.91. The van der Waals surface area contributed by atoms with Crippen molar-refractivity contribution in [2.75, 3.05) is 58.3 Å². The highest BCUT2D eigenvalue weighted by Gasteiger charge is 2.29. The number of hydrogen-bond acceptors (Lipinski definition) is 6. The molecule has 2 aromatic rings. The molecule has 1 aromatic carbocycles. The van der Waals surface area contributed by atoms with Crippen molar-refractivity contribution < 1.29 is 13.9 Å². The molecule has 1 atom stereocenters. The molecule has 1 unspecified atom stereocenters. The number of rotatable bonds is 7. The second-order valence-corrected chi connectivity index (χ2v) is 7.53. The highest BCUT2D eigenvalue weighted by molar-refractivity contribution is 5.78. The Hall–Kier alpha value is -2.58. The zero-order chi connectivity index (χ0) is 21.7. The maximum Gasteiger partial charge on any atom is 0.236 e. The fourth-order valence-electron chi connectivity index (χ4n) is 3.50. The first-order valence-electron chi connectivity index (χ1n) is 10.3. The van der Waals surface area contributed by atoms with Gasteiger partial charge >= 0.3 is 0 Å². The summed E-state index contributed by atoms with van der Waals surface area (Å²) in [5, 5.41) is 0. The molecule has 1 amide bonds. The van der Waals surface area contributed by atoms with E-state index in [1.54, 1.807) is 12.3 Å². The van der Waals surface area contributed by atoms with Crippen LogP contribution in [-0.4, -0.2) is 79.1 Å². The van der Waals surface area contributed by atoms with Crippen LogP contribution in [0.5, 0.6) is 0 Å². The smallest absolute Gasteiger partial charge is 0.236 e. The van der Waals surface area contributed by atoms with Gasteiger partial charge in [-0.1, -0.05) is 26.0 Å². The van der Waals surface area contributed by atoms with Crippen molar-refractivity contribution in [2.24, 2.45) is 0 Å². The number of anilines is 1. The first-order valence-corrected chi connectivity index (χ1v) is 10.3. The monoisotopic (exact) mass is 415 g/mol. The molecule has 0 spiro atoms. The third kappa shape index (κ3) is 5.12. The second-order valence-electron chi connectivity index (χ2n) is 7.53. The van der Waals surface area contributed by atoms with Crippen LogP contribution in [0.4, 0.5) is 10.3 Å². The van der Waals surface area contributed by atoms with Gasteiger partial charge in [0.2, 0.25) is 11.9 Å². The van der Waals surface area contributed by atoms with E-state index in [0.29, 0.717) is 49.0 Å². The van der Waals surface area contributed by atoms with Crippen LogP contribution < -0.4 is 4.90 Å². The molecular weight excluding hydrogens is 385 g/mol. The number of morpholine rings is 1. The molecule has 30 heavy (non-hydrogen) atoms. The molecule has 0 aliphatic carbocycles. The summed E-state index contributed by atoms with van der Waals surface area (Å²) in [5.74, 6) is 0.303. The molecule has 0 radical (unpaired) electrons. The number of aromatic nitrogens is 2. The Morgan fingerprint density at radius 1 is 1.30 bits per heavy atom. The van der Waals surface area contributed by atoms with Gasteiger partial charge < -0.3 is 14.5 Å². The molecule has 1 aliphatic rings. The summed E-state index contributed by atoms with van der Waals surface area (Å²) in [5.41, 5.74) is 2.06. The molecule has 7 nitrogen and oxygen atoms in total. The predicted octanol–water partition coefficient (Wildman–Crippen LogP) is 2.59. The number of amides is 1. The van der Waals surface area contributed by atoms with Gasteiger partial charge in [-0.3, -0.25) is 9.69 Å². The van der Waals surface area contributed by atoms with E-state index in [9.17, 15) is 9.18 Å². The van der Waals surface area contributed by atoms with Crippen LogP contribution in [0.15, 0.2) is 30.5 Å². The lowest BCUT2D eigenvalue weighted by molar-refractivity contribution is -0.140. The van der Waals surface area contributed by atoms with Crippen LogP contribution in [0.25, 0.3) is 11.1 Å². The van der Waals surface area contributed by atoms with E-state index in [2.05, 4.69) is 9.88 Å². The van der Waals surface area contributed by atoms with E-state index >= 15 is 0 Å². The third-order valence-electron chi connectivity index (χ3n) is 5.32. The molecule has 1 aromatic heterocycles. The number of nitrogens with zero attached hydrogens (tertiary/aromatic N) is 5. The summed E-state index contributed by atoms with van der Waals surface area (Å²) in [6, 6.07) is 6.36. The largest absolute Gasteiger partial charge is 0.368 e. The van der Waals surface area contributed by atoms with Crippen LogP contribution in [0.3, 0.4) is 0 Å². The molecule has 8 heteroatoms. The first-order chi connectivity index (χ1) is 14.4. The van der Waals surface area contributed by atoms with E-state index in [1.807, 2.05) is 43.8 Å². The zero-order valence-corrected chi connectivity index (χ0v) is 18.1. The minimum atomic E-state index is -0.403. The Labute approximate surface area is 177 Å². The van der Waals surface area contributed by atoms with Gasteiger partial charge in [0.05, 0.1) is 25.4 Å². The highest BCUT2D eigenvalue weighted by Crippen LogP contribution is 2.31. The Kier molecular flexibility index (Phi) is 7.33. The second kappa shape index (κ2) is 9.95. The predicted molar refractivity (Wildman–Crippen MR) is 115 cm³/mol. The summed E-state index contributed by atoms with van der Waals surface area (Å²) < 4.78 is 19.9. The molecular formula is C22H30FN5O2. The lowest BCUT2D eigenvalue weighted by atomic mass is 10.0. The maximum atomic E-state index is 13.9. The summed E-state index contributed by atoms with van der Waals surface area (Å²) in [6.07, 6.45) is 1.30. The van der Waals surface area contributed by atoms with Gasteiger partial charge in [-0.2, -0.15) is 0 Å². The topological polar surface area (TPSA) is 61.8 Å². The number of likely N-dealkylation sites (N-methyl/N-ethyl adjacent to an activating group) is 1. The van der Waals surface area contributed by atoms with E-state index < -0.39 is 6.10 Å². The molecule has 3 rings (SSSR count). The van der Waals surface area contributed by atoms with Crippen molar-refractivity contribution in [3.8, 4) is 11.1 Å². The van der Waals surface area contributed by atoms with Gasteiger partial charge in [-0.15, -0.1) is 0 Å². The first kappa shape index (κ1) is 22.1. The van der Waals surface area contributed by atoms with Crippen molar-refractivity contribution in [1.82, 2.24) is 19.8 Å². The maximum absolute atomic E-state index is 13.9. The number of halogens is 1. The standard InChI is InChI=1S/C22H30FN5O2/c1-5-27(6-2)15-20(29)28-10-11-30-19(14-28)21-18(13-24-22(25-21)26(3)4)16-8-7-9-17(23)12-16/h7-9,12-13,19H,5-6,10-11,14-15H2,1-4H3. The fraction of sp³-hybridized carbons (Fsp3) is 0.500. The summed E-state index contributed by atoms with van der Waals surface area (Å²) in [4.78, 5) is 27.7. The van der Waals surface area contributed by atoms with Gasteiger partial charge in [0.15, 0.2) is 0 Å². The van der Waals surface area contributed by atoms with Gasteiger partial charge in [0, 0.05) is 32.4 Å². The van der Waals surface area contributed by atoms with Crippen LogP contribution in [-0.2, 0) is 9.53 Å². The molecule has 162 valence electrons. The summed E-state index contributed by atoms with van der Waals surface area (Å²) in [6.45, 7) is 7.54. The average molecular weight is 416 g/mol. The van der Waals surface area contributed by atoms with Crippen LogP contribution in [0.1, 0.15) is 25.6 Å². The molecule has 1 aliphatic heterocycles. The van der Waals surface area contributed by atoms with Gasteiger partial charge in [-0.05, 0) is 30.8 Å². The summed E-state index contributed by atoms with van der Waals surface area (Å²) >= 11 is 0. The van der Waals surface area contributed by atoms with Crippen LogP contribution in [0, 0.1) is 5.82 Å². The Morgan fingerprint density at radius 3 is 2.73 bits per heavy atom. The fourth-order valence-corrected chi connectivity index (χ4v) is 3.50. The molecule has 0 bridgehead atoms. The van der Waals surface area contributed by atoms with Crippen LogP contribution in [0.2, 0.25) is 0 Å². The normalized spacial score (nSPS) is 16.7. The van der Waals surface area contributed by atoms with Crippen LogP contribution >= 0.6 is 0 Å². The highest BCUT2D eigenvalue weighted by atomic mass is 19.1. The lowest BCUT2D eigenvalue weighted by Crippen LogP contribution is -2.46. The third-order valence-corrected chi connectivity index (χ3v) is 5.32. The minimum Gasteiger partial charge on any atom is -0.368 e. The Bertz CT molecular complexity index is 872. The molecule has 2 heterocycles. The van der Waals surface area contributed by atoms with Crippen molar-refractivity contribution in [1.29, 1.82) is 0 Å². The Morgan fingerprint density at radius 2 is 2.07 bits per heavy atom. The number of hydrogen-bond donors (Lipinski definition) is 0. The van der Waals surface area contributed by atoms with Gasteiger partial charge in [0.1, 0.15) is 11.9 Å². The van der Waals surface area contributed by atoms with E-state index in [-0.39, 0.29) is 11.7 Å². The van der Waals surface area contributed by atoms with Crippen molar-refractivity contribution >= 4 is 11.9 Å². The van der Waals surface area contributed by atoms with E-state index in [4.69, 9.17) is 9.72 Å². The number of benzene rings is 1. The van der Waals surface area contributed by atoms with Crippen molar-refractivity contribution in [3.05, 3.63) is 42.0 Å². The molecule has 1 fully saturated rings. The zero-order valence-electron chi connectivity index (χ0n) is 18.1. The molecule has 1 saturated heterocycles. The lowest BCUT2D eigenvalue weighted by Gasteiger charge is -2.34. The van der Waals surface area contributed by atoms with E-state index in [0.717, 1.165) is 13.1 Å². The van der Waals surface area contributed by atoms with Crippen molar-refractivity contribution in [2.45, 2.75) is 20.0 Å². The number of carbonyl (C=O) groups excluding carboxylic acids is 1. The number of carbonyl (C=O) groups is 1. The quantitative estimate of drug-likeness (QED) is 0.693.